The molecule has 1 heterocycles. The first kappa shape index (κ1) is 15.8. The van der Waals surface area contributed by atoms with Crippen molar-refractivity contribution in [2.24, 2.45) is 0 Å². The highest BCUT2D eigenvalue weighted by Gasteiger charge is 2.28. The van der Waals surface area contributed by atoms with Gasteiger partial charge in [-0.05, 0) is 36.8 Å². The summed E-state index contributed by atoms with van der Waals surface area (Å²) in [6.45, 7) is 2.60. The summed E-state index contributed by atoms with van der Waals surface area (Å²) in [5.74, 6) is -0.228. The van der Waals surface area contributed by atoms with Gasteiger partial charge in [-0.3, -0.25) is 4.79 Å². The third-order valence-electron chi connectivity index (χ3n) is 3.58. The molecule has 0 saturated carbocycles. The maximum Gasteiger partial charge on any atom is 0.335 e. The van der Waals surface area contributed by atoms with Gasteiger partial charge in [0.05, 0.1) is 17.7 Å². The van der Waals surface area contributed by atoms with Gasteiger partial charge < -0.3 is 14.6 Å². The first-order valence-electron chi connectivity index (χ1n) is 7.63. The van der Waals surface area contributed by atoms with Crippen LogP contribution in [0, 0.1) is 0 Å². The van der Waals surface area contributed by atoms with Gasteiger partial charge in [-0.15, -0.1) is 0 Å². The van der Waals surface area contributed by atoms with E-state index in [0.29, 0.717) is 18.1 Å². The van der Waals surface area contributed by atoms with Gasteiger partial charge in [0.1, 0.15) is 11.5 Å². The Labute approximate surface area is 139 Å². The molecule has 2 aromatic rings. The first-order valence-corrected chi connectivity index (χ1v) is 7.63. The molecule has 0 fully saturated rings. The zero-order valence-electron chi connectivity index (χ0n) is 13.1. The number of carbonyl (C=O) groups excluding carboxylic acids is 1. The van der Waals surface area contributed by atoms with Crippen LogP contribution in [-0.2, 0) is 0 Å². The average Bonchev–Trinajstić information content (AvgIpc) is 2.89. The predicted molar refractivity (Wildman–Crippen MR) is 88.6 cm³/mol. The van der Waals surface area contributed by atoms with Crippen LogP contribution >= 0.6 is 0 Å². The van der Waals surface area contributed by atoms with Gasteiger partial charge in [0.25, 0.3) is 0 Å². The fourth-order valence-electron chi connectivity index (χ4n) is 2.41. The Kier molecular flexibility index (Phi) is 4.33. The molecule has 122 valence electrons. The summed E-state index contributed by atoms with van der Waals surface area (Å²) in [4.78, 5) is 23.5. The quantitative estimate of drug-likeness (QED) is 0.847. The normalized spacial score (nSPS) is 14.4. The van der Waals surface area contributed by atoms with Crippen molar-refractivity contribution in [1.29, 1.82) is 0 Å². The fraction of sp³-hybridized carbons (Fsp3) is 0.158. The van der Waals surface area contributed by atoms with Crippen LogP contribution in [0.25, 0.3) is 6.08 Å². The van der Waals surface area contributed by atoms with Crippen molar-refractivity contribution >= 4 is 17.8 Å². The average molecular weight is 324 g/mol. The number of aromatic carboxylic acids is 1. The van der Waals surface area contributed by atoms with Crippen LogP contribution in [0.3, 0.4) is 0 Å². The number of ketones is 1. The summed E-state index contributed by atoms with van der Waals surface area (Å²) < 4.78 is 11.3. The number of allylic oxidation sites excluding steroid dienone is 1. The second kappa shape index (κ2) is 6.58. The van der Waals surface area contributed by atoms with Gasteiger partial charge in [0.2, 0.25) is 5.78 Å². The maximum atomic E-state index is 12.5. The summed E-state index contributed by atoms with van der Waals surface area (Å²) in [5.41, 5.74) is 1.05. The highest BCUT2D eigenvalue weighted by molar-refractivity contribution is 6.15. The Morgan fingerprint density at radius 2 is 2.04 bits per heavy atom. The molecule has 1 N–H and O–H groups in total. The molecule has 0 radical (unpaired) electrons. The molecule has 24 heavy (non-hydrogen) atoms. The van der Waals surface area contributed by atoms with Crippen molar-refractivity contribution in [2.45, 2.75) is 13.3 Å². The van der Waals surface area contributed by atoms with E-state index < -0.39 is 5.97 Å². The Morgan fingerprint density at radius 3 is 2.79 bits per heavy atom. The van der Waals surface area contributed by atoms with Gasteiger partial charge in [-0.1, -0.05) is 25.1 Å². The van der Waals surface area contributed by atoms with E-state index in [-0.39, 0.29) is 22.7 Å². The minimum absolute atomic E-state index is 0.0543. The van der Waals surface area contributed by atoms with Gasteiger partial charge in [-0.2, -0.15) is 0 Å². The molecule has 0 aliphatic carbocycles. The van der Waals surface area contributed by atoms with Crippen LogP contribution in [0.2, 0.25) is 0 Å². The zero-order valence-corrected chi connectivity index (χ0v) is 13.1. The molecule has 0 atom stereocenters. The lowest BCUT2D eigenvalue weighted by Crippen LogP contribution is -2.01. The van der Waals surface area contributed by atoms with E-state index in [9.17, 15) is 9.59 Å². The highest BCUT2D eigenvalue weighted by Crippen LogP contribution is 2.33. The summed E-state index contributed by atoms with van der Waals surface area (Å²) in [5, 5.41) is 9.04. The van der Waals surface area contributed by atoms with Crippen molar-refractivity contribution in [3.8, 4) is 11.5 Å². The number of benzene rings is 2. The van der Waals surface area contributed by atoms with Crippen LogP contribution in [0.1, 0.15) is 39.6 Å². The van der Waals surface area contributed by atoms with Crippen LogP contribution < -0.4 is 9.47 Å². The highest BCUT2D eigenvalue weighted by atomic mass is 16.5. The Balaban J connectivity index is 1.93. The minimum Gasteiger partial charge on any atom is -0.493 e. The number of ether oxygens (including phenoxy) is 2. The third-order valence-corrected chi connectivity index (χ3v) is 3.58. The van der Waals surface area contributed by atoms with E-state index >= 15 is 0 Å². The predicted octanol–water partition coefficient (Wildman–Crippen LogP) is 3.79. The number of carboxylic acid groups (broad SMARTS) is 1. The molecule has 0 amide bonds. The second-order valence-corrected chi connectivity index (χ2v) is 5.34. The molecule has 0 aromatic heterocycles. The Bertz CT molecular complexity index is 835. The number of hydrogen-bond donors (Lipinski definition) is 1. The van der Waals surface area contributed by atoms with Gasteiger partial charge in [0.15, 0.2) is 5.76 Å². The van der Waals surface area contributed by atoms with E-state index in [1.165, 1.54) is 18.2 Å². The summed E-state index contributed by atoms with van der Waals surface area (Å²) in [6, 6.07) is 11.6. The van der Waals surface area contributed by atoms with Crippen LogP contribution in [-0.4, -0.2) is 23.5 Å². The number of carboxylic acids is 1. The van der Waals surface area contributed by atoms with Crippen LogP contribution in [0.5, 0.6) is 11.5 Å². The molecule has 0 saturated heterocycles. The minimum atomic E-state index is -1.08. The number of Topliss-reactive ketones (excluding diaryl/α,β-unsaturated/α-hetero) is 1. The lowest BCUT2D eigenvalue weighted by atomic mass is 10.1. The Morgan fingerprint density at radius 1 is 1.25 bits per heavy atom. The SMILES string of the molecule is CCCOc1ccccc1C=C1Oc2ccc(C(=O)O)cc2C1=O. The molecule has 1 aliphatic heterocycles. The van der Waals surface area contributed by atoms with Gasteiger partial charge >= 0.3 is 5.97 Å². The van der Waals surface area contributed by atoms with Crippen LogP contribution in [0.4, 0.5) is 0 Å². The first-order chi connectivity index (χ1) is 11.6. The lowest BCUT2D eigenvalue weighted by molar-refractivity contribution is 0.0697. The molecule has 5 heteroatoms. The monoisotopic (exact) mass is 324 g/mol. The largest absolute Gasteiger partial charge is 0.493 e. The molecule has 1 aliphatic rings. The van der Waals surface area contributed by atoms with E-state index in [0.717, 1.165) is 12.0 Å². The maximum absolute atomic E-state index is 12.5. The lowest BCUT2D eigenvalue weighted by Gasteiger charge is -2.08. The third kappa shape index (κ3) is 3.01. The van der Waals surface area contributed by atoms with Gasteiger partial charge in [-0.25, -0.2) is 4.79 Å². The van der Waals surface area contributed by atoms with Crippen molar-refractivity contribution in [1.82, 2.24) is 0 Å². The summed E-state index contributed by atoms with van der Waals surface area (Å²) in [7, 11) is 0. The molecule has 0 spiro atoms. The number of para-hydroxylation sites is 1. The molecular weight excluding hydrogens is 308 g/mol. The van der Waals surface area contributed by atoms with Crippen molar-refractivity contribution in [2.75, 3.05) is 6.61 Å². The molecule has 0 unspecified atom stereocenters. The topological polar surface area (TPSA) is 72.8 Å². The Hall–Kier alpha value is -3.08. The number of hydrogen-bond acceptors (Lipinski definition) is 4. The smallest absolute Gasteiger partial charge is 0.335 e. The molecule has 3 rings (SSSR count). The van der Waals surface area contributed by atoms with E-state index in [2.05, 4.69) is 0 Å². The van der Waals surface area contributed by atoms with Crippen molar-refractivity contribution in [3.63, 3.8) is 0 Å². The fourth-order valence-corrected chi connectivity index (χ4v) is 2.41. The zero-order chi connectivity index (χ0) is 17.1. The molecule has 0 bridgehead atoms. The van der Waals surface area contributed by atoms with E-state index in [4.69, 9.17) is 14.6 Å². The van der Waals surface area contributed by atoms with Crippen LogP contribution in [0.15, 0.2) is 48.2 Å². The van der Waals surface area contributed by atoms with Crippen molar-refractivity contribution in [3.05, 3.63) is 64.9 Å². The van der Waals surface area contributed by atoms with Crippen molar-refractivity contribution < 1.29 is 24.2 Å². The second-order valence-electron chi connectivity index (χ2n) is 5.34. The summed E-state index contributed by atoms with van der Waals surface area (Å²) in [6.07, 6.45) is 2.50. The number of fused-ring (bicyclic) bond motifs is 1. The molecule has 5 nitrogen and oxygen atoms in total. The van der Waals surface area contributed by atoms with E-state index in [1.54, 1.807) is 6.08 Å². The number of carbonyl (C=O) groups is 2. The summed E-state index contributed by atoms with van der Waals surface area (Å²) >= 11 is 0. The van der Waals surface area contributed by atoms with Gasteiger partial charge in [0, 0.05) is 5.56 Å². The molecule has 2 aromatic carbocycles. The number of rotatable bonds is 5. The van der Waals surface area contributed by atoms with E-state index in [1.807, 2.05) is 31.2 Å². The molecular formula is C19H16O5. The standard InChI is InChI=1S/C19H16O5/c1-2-9-23-15-6-4-3-5-12(15)11-17-18(20)14-10-13(19(21)22)7-8-16(14)24-17/h3-8,10-11H,2,9H2,1H3,(H,21,22).